The van der Waals surface area contributed by atoms with Crippen LogP contribution >= 0.6 is 0 Å². The number of nitrogens with two attached hydrogens (primary N) is 1. The van der Waals surface area contributed by atoms with Gasteiger partial charge in [0.1, 0.15) is 5.75 Å². The predicted molar refractivity (Wildman–Crippen MR) is 168 cm³/mol. The van der Waals surface area contributed by atoms with Gasteiger partial charge in [0, 0.05) is 13.5 Å². The molecule has 0 radical (unpaired) electrons. The molecule has 6 heteroatoms. The van der Waals surface area contributed by atoms with Crippen molar-refractivity contribution in [2.45, 2.75) is 58.5 Å². The van der Waals surface area contributed by atoms with Gasteiger partial charge >= 0.3 is 0 Å². The number of nitrogens with zero attached hydrogens (tertiary/aromatic N) is 1. The van der Waals surface area contributed by atoms with E-state index in [1.807, 2.05) is 55.1 Å². The van der Waals surface area contributed by atoms with Gasteiger partial charge in [-0.25, -0.2) is 0 Å². The summed E-state index contributed by atoms with van der Waals surface area (Å²) in [6, 6.07) is 27.3. The van der Waals surface area contributed by atoms with Crippen LogP contribution in [0.2, 0.25) is 0 Å². The van der Waals surface area contributed by atoms with Gasteiger partial charge in [0.2, 0.25) is 11.8 Å². The number of phenolic OH excluding ortho intramolecular Hbond substituents is 1. The Balaban J connectivity index is 1.50. The molecular weight excluding hydrogens is 522 g/mol. The van der Waals surface area contributed by atoms with Crippen LogP contribution in [0.25, 0.3) is 0 Å². The number of phenols is 1. The van der Waals surface area contributed by atoms with E-state index < -0.39 is 6.04 Å². The fourth-order valence-corrected chi connectivity index (χ4v) is 6.14. The monoisotopic (exact) mass is 561 g/mol. The highest BCUT2D eigenvalue weighted by Gasteiger charge is 2.32. The molecular formula is C36H39N3O3. The number of aromatic hydroxyl groups is 1. The molecule has 0 aromatic heterocycles. The van der Waals surface area contributed by atoms with E-state index in [1.165, 1.54) is 5.56 Å². The first kappa shape index (κ1) is 29.1. The normalized spacial score (nSPS) is 15.1. The molecule has 0 saturated carbocycles. The topological polar surface area (TPSA) is 95.7 Å². The number of rotatable bonds is 8. The van der Waals surface area contributed by atoms with Crippen molar-refractivity contribution >= 4 is 17.5 Å². The number of fused-ring (bicyclic) bond motifs is 1. The van der Waals surface area contributed by atoms with E-state index in [1.54, 1.807) is 19.1 Å². The van der Waals surface area contributed by atoms with Crippen molar-refractivity contribution in [1.29, 1.82) is 0 Å². The average molecular weight is 562 g/mol. The number of aryl methyl sites for hydroxylation is 2. The third kappa shape index (κ3) is 6.55. The summed E-state index contributed by atoms with van der Waals surface area (Å²) in [5, 5.41) is 13.2. The number of hydrogen-bond donors (Lipinski definition) is 3. The summed E-state index contributed by atoms with van der Waals surface area (Å²) in [6.07, 6.45) is 2.39. The third-order valence-corrected chi connectivity index (χ3v) is 8.19. The standard InChI is InChI=1S/C36H39N3O3/c1-23-16-30(41)17-24(2)31(23)22-33(37)36(42)38-34-14-15-39(25(3)40)35-29(19-27-12-8-5-9-13-27)20-28(21-32(34)35)18-26-10-6-4-7-11-26/h4-13,16-17,20-21,33-34,41H,14-15,18-19,22,37H2,1-3H3,(H,38,42). The highest BCUT2D eigenvalue weighted by atomic mass is 16.3. The summed E-state index contributed by atoms with van der Waals surface area (Å²) in [6.45, 7) is 5.95. The van der Waals surface area contributed by atoms with Crippen molar-refractivity contribution in [2.75, 3.05) is 11.4 Å². The van der Waals surface area contributed by atoms with Gasteiger partial charge in [0.25, 0.3) is 0 Å². The van der Waals surface area contributed by atoms with Crippen LogP contribution in [0.1, 0.15) is 63.9 Å². The van der Waals surface area contributed by atoms with Crippen LogP contribution in [-0.2, 0) is 28.9 Å². The van der Waals surface area contributed by atoms with Crippen LogP contribution < -0.4 is 16.0 Å². The number of hydrogen-bond acceptors (Lipinski definition) is 4. The molecule has 0 fully saturated rings. The summed E-state index contributed by atoms with van der Waals surface area (Å²) in [5.74, 6) is -0.0356. The lowest BCUT2D eigenvalue weighted by Gasteiger charge is -2.37. The molecule has 0 aliphatic carbocycles. The Morgan fingerprint density at radius 3 is 2.10 bits per heavy atom. The number of nitrogens with one attached hydrogen (secondary N) is 1. The summed E-state index contributed by atoms with van der Waals surface area (Å²) in [4.78, 5) is 28.2. The molecule has 6 nitrogen and oxygen atoms in total. The summed E-state index contributed by atoms with van der Waals surface area (Å²) in [7, 11) is 0. The van der Waals surface area contributed by atoms with Crippen molar-refractivity contribution in [3.63, 3.8) is 0 Å². The van der Waals surface area contributed by atoms with Gasteiger partial charge in [-0.1, -0.05) is 72.8 Å². The van der Waals surface area contributed by atoms with Crippen molar-refractivity contribution < 1.29 is 14.7 Å². The average Bonchev–Trinajstić information content (AvgIpc) is 2.96. The zero-order valence-electron chi connectivity index (χ0n) is 24.6. The van der Waals surface area contributed by atoms with Crippen LogP contribution in [0.4, 0.5) is 5.69 Å². The second kappa shape index (κ2) is 12.6. The third-order valence-electron chi connectivity index (χ3n) is 8.19. The lowest BCUT2D eigenvalue weighted by Crippen LogP contribution is -2.46. The molecule has 1 aliphatic rings. The molecule has 0 saturated heterocycles. The SMILES string of the molecule is CC(=O)N1CCC(NC(=O)C(N)Cc2c(C)cc(O)cc2C)c2cc(Cc3ccccc3)cc(Cc3ccccc3)c21. The second-order valence-corrected chi connectivity index (χ2v) is 11.4. The summed E-state index contributed by atoms with van der Waals surface area (Å²) >= 11 is 0. The summed E-state index contributed by atoms with van der Waals surface area (Å²) in [5.41, 5.74) is 15.7. The minimum Gasteiger partial charge on any atom is -0.508 e. The lowest BCUT2D eigenvalue weighted by molar-refractivity contribution is -0.123. The van der Waals surface area contributed by atoms with Gasteiger partial charge in [-0.15, -0.1) is 0 Å². The number of carbonyl (C=O) groups excluding carboxylic acids is 2. The van der Waals surface area contributed by atoms with E-state index >= 15 is 0 Å². The zero-order chi connectivity index (χ0) is 29.8. The Labute approximate surface area is 248 Å². The lowest BCUT2D eigenvalue weighted by atomic mass is 9.87. The van der Waals surface area contributed by atoms with Crippen LogP contribution in [-0.4, -0.2) is 29.5 Å². The largest absolute Gasteiger partial charge is 0.508 e. The van der Waals surface area contributed by atoms with Crippen LogP contribution in [0.5, 0.6) is 5.75 Å². The van der Waals surface area contributed by atoms with Gasteiger partial charge in [0.05, 0.1) is 17.8 Å². The van der Waals surface area contributed by atoms with Crippen LogP contribution in [0.15, 0.2) is 84.9 Å². The minimum atomic E-state index is -0.752. The fourth-order valence-electron chi connectivity index (χ4n) is 6.14. The smallest absolute Gasteiger partial charge is 0.237 e. The fraction of sp³-hybridized carbons (Fsp3) is 0.278. The van der Waals surface area contributed by atoms with Crippen molar-refractivity contribution in [2.24, 2.45) is 5.73 Å². The van der Waals surface area contributed by atoms with E-state index in [2.05, 4.69) is 41.7 Å². The highest BCUT2D eigenvalue weighted by molar-refractivity contribution is 5.94. The molecule has 216 valence electrons. The predicted octanol–water partition coefficient (Wildman–Crippen LogP) is 5.67. The highest BCUT2D eigenvalue weighted by Crippen LogP contribution is 2.39. The maximum atomic E-state index is 13.5. The number of amides is 2. The quantitative estimate of drug-likeness (QED) is 0.258. The molecule has 4 N–H and O–H groups in total. The number of benzene rings is 4. The van der Waals surface area contributed by atoms with Gasteiger partial charge < -0.3 is 21.1 Å². The van der Waals surface area contributed by atoms with Gasteiger partial charge in [-0.2, -0.15) is 0 Å². The number of anilines is 1. The Morgan fingerprint density at radius 2 is 1.50 bits per heavy atom. The Bertz CT molecular complexity index is 1560. The molecule has 4 aromatic carbocycles. The number of carbonyl (C=O) groups is 2. The first-order chi connectivity index (χ1) is 20.2. The molecule has 0 bridgehead atoms. The van der Waals surface area contributed by atoms with Crippen molar-refractivity contribution in [1.82, 2.24) is 5.32 Å². The minimum absolute atomic E-state index is 0.0128. The first-order valence-corrected chi connectivity index (χ1v) is 14.6. The molecule has 42 heavy (non-hydrogen) atoms. The Kier molecular flexibility index (Phi) is 8.74. The Morgan fingerprint density at radius 1 is 0.905 bits per heavy atom. The van der Waals surface area contributed by atoms with Gasteiger partial charge in [0.15, 0.2) is 0 Å². The van der Waals surface area contributed by atoms with Crippen LogP contribution in [0.3, 0.4) is 0 Å². The molecule has 1 aliphatic heterocycles. The maximum absolute atomic E-state index is 13.5. The first-order valence-electron chi connectivity index (χ1n) is 14.6. The molecule has 0 spiro atoms. The molecule has 1 heterocycles. The Hall–Kier alpha value is -4.42. The van der Waals surface area contributed by atoms with Gasteiger partial charge in [-0.05, 0) is 96.2 Å². The van der Waals surface area contributed by atoms with Crippen molar-refractivity contribution in [3.05, 3.63) is 129 Å². The van der Waals surface area contributed by atoms with Gasteiger partial charge in [-0.3, -0.25) is 9.59 Å². The van der Waals surface area contributed by atoms with E-state index in [0.29, 0.717) is 25.8 Å². The van der Waals surface area contributed by atoms with Crippen molar-refractivity contribution in [3.8, 4) is 5.75 Å². The van der Waals surface area contributed by atoms with E-state index in [4.69, 9.17) is 5.73 Å². The summed E-state index contributed by atoms with van der Waals surface area (Å²) < 4.78 is 0. The second-order valence-electron chi connectivity index (χ2n) is 11.4. The molecule has 5 rings (SSSR count). The van der Waals surface area contributed by atoms with E-state index in [-0.39, 0.29) is 23.6 Å². The van der Waals surface area contributed by atoms with E-state index in [0.717, 1.165) is 51.1 Å². The van der Waals surface area contributed by atoms with Crippen LogP contribution in [0, 0.1) is 13.8 Å². The molecule has 2 atom stereocenters. The van der Waals surface area contributed by atoms with E-state index in [9.17, 15) is 14.7 Å². The molecule has 2 amide bonds. The zero-order valence-corrected chi connectivity index (χ0v) is 24.6. The molecule has 2 unspecified atom stereocenters. The maximum Gasteiger partial charge on any atom is 0.237 e. The molecule has 4 aromatic rings.